The molecule has 0 aliphatic heterocycles. The molecule has 0 spiro atoms. The van der Waals surface area contributed by atoms with Gasteiger partial charge < -0.3 is 14.5 Å². The molecule has 0 aromatic carbocycles. The Kier molecular flexibility index (Phi) is 5.82. The number of hydrogen-bond donors (Lipinski definition) is 1. The number of Topliss-reactive ketones (excluding diaryl/α,β-unsaturated/α-hetero) is 1. The van der Waals surface area contributed by atoms with Crippen LogP contribution in [0.4, 0.5) is 0 Å². The molecule has 0 unspecified atom stereocenters. The zero-order valence-corrected chi connectivity index (χ0v) is 15.3. The van der Waals surface area contributed by atoms with Crippen molar-refractivity contribution in [2.75, 3.05) is 6.61 Å². The molecule has 0 radical (unpaired) electrons. The molecule has 0 bridgehead atoms. The smallest absolute Gasteiger partial charge is 0.374 e. The first-order valence-electron chi connectivity index (χ1n) is 8.11. The van der Waals surface area contributed by atoms with Crippen molar-refractivity contribution in [2.45, 2.75) is 20.0 Å². The first-order chi connectivity index (χ1) is 13.0. The largest absolute Gasteiger partial charge is 0.452 e. The number of nitrogens with one attached hydrogen (secondary N) is 1. The number of aromatic nitrogens is 2. The van der Waals surface area contributed by atoms with E-state index in [0.717, 1.165) is 4.88 Å². The number of ketones is 1. The van der Waals surface area contributed by atoms with Crippen molar-refractivity contribution < 1.29 is 23.5 Å². The summed E-state index contributed by atoms with van der Waals surface area (Å²) in [6.45, 7) is 1.80. The third-order valence-electron chi connectivity index (χ3n) is 3.52. The molecule has 0 aliphatic rings. The Bertz CT molecular complexity index is 942. The van der Waals surface area contributed by atoms with Crippen molar-refractivity contribution in [3.05, 3.63) is 64.0 Å². The van der Waals surface area contributed by atoms with Gasteiger partial charge in [-0.1, -0.05) is 0 Å². The molecule has 27 heavy (non-hydrogen) atoms. The molecule has 3 aromatic heterocycles. The number of thiophene rings is 1. The second-order valence-electron chi connectivity index (χ2n) is 5.64. The summed E-state index contributed by atoms with van der Waals surface area (Å²) in [5, 5.41) is 6.72. The van der Waals surface area contributed by atoms with Gasteiger partial charge in [-0.2, -0.15) is 5.10 Å². The zero-order chi connectivity index (χ0) is 19.2. The van der Waals surface area contributed by atoms with Crippen LogP contribution >= 0.6 is 11.3 Å². The molecule has 0 atom stereocenters. The molecular formula is C18H17N3O5S. The van der Waals surface area contributed by atoms with E-state index in [1.54, 1.807) is 41.3 Å². The topological polar surface area (TPSA) is 103 Å². The summed E-state index contributed by atoms with van der Waals surface area (Å²) in [5.74, 6) is -0.577. The first-order valence-corrected chi connectivity index (χ1v) is 8.92. The second kappa shape index (κ2) is 8.45. The van der Waals surface area contributed by atoms with Crippen LogP contribution in [-0.2, 0) is 22.6 Å². The number of carbonyl (C=O) groups excluding carboxylic acids is 3. The Hall–Kier alpha value is -3.20. The Morgan fingerprint density at radius 3 is 2.85 bits per heavy atom. The lowest BCUT2D eigenvalue weighted by atomic mass is 10.3. The molecule has 3 heterocycles. The molecule has 0 saturated heterocycles. The summed E-state index contributed by atoms with van der Waals surface area (Å²) >= 11 is 1.25. The van der Waals surface area contributed by atoms with Crippen LogP contribution in [0, 0.1) is 0 Å². The van der Waals surface area contributed by atoms with Crippen LogP contribution in [0.2, 0.25) is 0 Å². The van der Waals surface area contributed by atoms with Crippen LogP contribution in [0.25, 0.3) is 0 Å². The summed E-state index contributed by atoms with van der Waals surface area (Å²) in [5.41, 5.74) is 0. The van der Waals surface area contributed by atoms with Gasteiger partial charge in [0.2, 0.25) is 17.5 Å². The summed E-state index contributed by atoms with van der Waals surface area (Å²) in [7, 11) is 0. The van der Waals surface area contributed by atoms with Crippen molar-refractivity contribution in [3.8, 4) is 0 Å². The molecule has 1 amide bonds. The van der Waals surface area contributed by atoms with Gasteiger partial charge in [0.1, 0.15) is 5.76 Å². The Morgan fingerprint density at radius 1 is 1.26 bits per heavy atom. The van der Waals surface area contributed by atoms with Crippen LogP contribution in [0.15, 0.2) is 47.1 Å². The van der Waals surface area contributed by atoms with Crippen molar-refractivity contribution in [3.63, 3.8) is 0 Å². The molecule has 1 N–H and O–H groups in total. The molecule has 0 aliphatic carbocycles. The van der Waals surface area contributed by atoms with Crippen molar-refractivity contribution in [2.24, 2.45) is 0 Å². The van der Waals surface area contributed by atoms with Crippen molar-refractivity contribution >= 4 is 29.0 Å². The predicted molar refractivity (Wildman–Crippen MR) is 96.5 cm³/mol. The van der Waals surface area contributed by atoms with Gasteiger partial charge in [0, 0.05) is 24.2 Å². The maximum Gasteiger partial charge on any atom is 0.374 e. The molecule has 140 valence electrons. The number of nitrogens with zero attached hydrogens (tertiary/aromatic N) is 2. The van der Waals surface area contributed by atoms with Gasteiger partial charge in [0.05, 0.1) is 18.0 Å². The number of hydrogen-bond acceptors (Lipinski definition) is 7. The van der Waals surface area contributed by atoms with Gasteiger partial charge in [0.25, 0.3) is 0 Å². The summed E-state index contributed by atoms with van der Waals surface area (Å²) in [4.78, 5) is 36.4. The monoisotopic (exact) mass is 387 g/mol. The highest BCUT2D eigenvalue weighted by Gasteiger charge is 2.17. The number of furan rings is 1. The fourth-order valence-corrected chi connectivity index (χ4v) is 3.11. The number of rotatable bonds is 8. The summed E-state index contributed by atoms with van der Waals surface area (Å²) < 4.78 is 12.1. The molecular weight excluding hydrogens is 370 g/mol. The highest BCUT2D eigenvalue weighted by Crippen LogP contribution is 2.17. The van der Waals surface area contributed by atoms with E-state index in [-0.39, 0.29) is 24.1 Å². The lowest BCUT2D eigenvalue weighted by Gasteiger charge is -2.01. The molecule has 3 rings (SSSR count). The van der Waals surface area contributed by atoms with Crippen LogP contribution in [0.5, 0.6) is 0 Å². The average molecular weight is 387 g/mol. The first kappa shape index (κ1) is 18.6. The quantitative estimate of drug-likeness (QED) is 0.470. The molecule has 9 heteroatoms. The van der Waals surface area contributed by atoms with E-state index in [0.29, 0.717) is 23.7 Å². The van der Waals surface area contributed by atoms with Gasteiger partial charge in [0.15, 0.2) is 6.61 Å². The number of esters is 1. The molecule has 0 fully saturated rings. The standard InChI is InChI=1S/C18H17N3O5S/c1-12(22)19-9-14-4-6-17(27-14)15(23)11-25-18(24)16-5-3-13(26-16)10-21-8-2-7-20-21/h2-8H,9-11H2,1H3,(H,19,22). The average Bonchev–Trinajstić information content (AvgIpc) is 3.39. The normalized spacial score (nSPS) is 10.6. The highest BCUT2D eigenvalue weighted by atomic mass is 32.1. The highest BCUT2D eigenvalue weighted by molar-refractivity contribution is 7.14. The number of ether oxygens (including phenoxy) is 1. The third-order valence-corrected chi connectivity index (χ3v) is 4.65. The van der Waals surface area contributed by atoms with E-state index in [1.807, 2.05) is 0 Å². The summed E-state index contributed by atoms with van der Waals surface area (Å²) in [6, 6.07) is 8.35. The van der Waals surface area contributed by atoms with Crippen molar-refractivity contribution in [1.82, 2.24) is 15.1 Å². The molecule has 3 aromatic rings. The zero-order valence-electron chi connectivity index (χ0n) is 14.5. The van der Waals surface area contributed by atoms with Crippen LogP contribution in [0.1, 0.15) is 37.8 Å². The van der Waals surface area contributed by atoms with Crippen LogP contribution in [-0.4, -0.2) is 34.0 Å². The van der Waals surface area contributed by atoms with Gasteiger partial charge >= 0.3 is 5.97 Å². The number of amides is 1. The predicted octanol–water partition coefficient (Wildman–Crippen LogP) is 2.26. The summed E-state index contributed by atoms with van der Waals surface area (Å²) in [6.07, 6.45) is 3.43. The lowest BCUT2D eigenvalue weighted by Crippen LogP contribution is -2.18. The van der Waals surface area contributed by atoms with Gasteiger partial charge in [-0.15, -0.1) is 11.3 Å². The van der Waals surface area contributed by atoms with Crippen molar-refractivity contribution in [1.29, 1.82) is 0 Å². The Balaban J connectivity index is 1.50. The molecule has 0 saturated carbocycles. The van der Waals surface area contributed by atoms with E-state index in [2.05, 4.69) is 10.4 Å². The number of carbonyl (C=O) groups is 3. The fourth-order valence-electron chi connectivity index (χ4n) is 2.23. The van der Waals surface area contributed by atoms with E-state index >= 15 is 0 Å². The third kappa shape index (κ3) is 5.14. The maximum absolute atomic E-state index is 12.2. The minimum atomic E-state index is -0.704. The van der Waals surface area contributed by atoms with E-state index in [9.17, 15) is 14.4 Å². The van der Waals surface area contributed by atoms with Gasteiger partial charge in [-0.05, 0) is 30.3 Å². The van der Waals surface area contributed by atoms with Crippen LogP contribution < -0.4 is 5.32 Å². The van der Waals surface area contributed by atoms with E-state index in [1.165, 1.54) is 24.3 Å². The fraction of sp³-hybridized carbons (Fsp3) is 0.222. The Labute approximate surface area is 158 Å². The minimum absolute atomic E-state index is 0.0301. The lowest BCUT2D eigenvalue weighted by molar-refractivity contribution is -0.119. The van der Waals surface area contributed by atoms with Crippen LogP contribution in [0.3, 0.4) is 0 Å². The van der Waals surface area contributed by atoms with Gasteiger partial charge in [-0.25, -0.2) is 4.79 Å². The minimum Gasteiger partial charge on any atom is -0.452 e. The van der Waals surface area contributed by atoms with Gasteiger partial charge in [-0.3, -0.25) is 14.3 Å². The van der Waals surface area contributed by atoms with E-state index in [4.69, 9.17) is 9.15 Å². The SMILES string of the molecule is CC(=O)NCc1ccc(C(=O)COC(=O)c2ccc(Cn3cccn3)o2)s1. The maximum atomic E-state index is 12.2. The van der Waals surface area contributed by atoms with E-state index < -0.39 is 5.97 Å². The molecule has 8 nitrogen and oxygen atoms in total. The Morgan fingerprint density at radius 2 is 2.11 bits per heavy atom. The second-order valence-corrected chi connectivity index (χ2v) is 6.81.